The number of hydrogen-bond donors (Lipinski definition) is 2. The van der Waals surface area contributed by atoms with Gasteiger partial charge in [-0.05, 0) is 18.4 Å². The van der Waals surface area contributed by atoms with Crippen LogP contribution in [0.25, 0.3) is 0 Å². The van der Waals surface area contributed by atoms with Gasteiger partial charge in [0, 0.05) is 17.8 Å². The van der Waals surface area contributed by atoms with Crippen LogP contribution in [0.5, 0.6) is 0 Å². The number of aliphatic hydroxyl groups is 1. The average molecular weight is 274 g/mol. The molecule has 1 heterocycles. The molecule has 100 valence electrons. The largest absolute Gasteiger partial charge is 0.394 e. The first-order chi connectivity index (χ1) is 9.36. The van der Waals surface area contributed by atoms with E-state index >= 15 is 0 Å². The zero-order valence-corrected chi connectivity index (χ0v) is 11.6. The van der Waals surface area contributed by atoms with Crippen molar-refractivity contribution in [2.24, 2.45) is 0 Å². The first-order valence-corrected chi connectivity index (χ1v) is 7.58. The zero-order valence-electron chi connectivity index (χ0n) is 10.7. The summed E-state index contributed by atoms with van der Waals surface area (Å²) in [5.74, 6) is 0.724. The van der Waals surface area contributed by atoms with Crippen molar-refractivity contribution in [3.8, 4) is 0 Å². The molecule has 1 saturated carbocycles. The van der Waals surface area contributed by atoms with Gasteiger partial charge in [0.25, 0.3) is 0 Å². The van der Waals surface area contributed by atoms with Gasteiger partial charge in [-0.25, -0.2) is 4.98 Å². The molecule has 2 N–H and O–H groups in total. The van der Waals surface area contributed by atoms with Gasteiger partial charge in [0.15, 0.2) is 0 Å². The van der Waals surface area contributed by atoms with Crippen molar-refractivity contribution in [3.05, 3.63) is 52.0 Å². The molecule has 0 spiro atoms. The van der Waals surface area contributed by atoms with Crippen LogP contribution >= 0.6 is 11.3 Å². The highest BCUT2D eigenvalue weighted by atomic mass is 32.1. The lowest BCUT2D eigenvalue weighted by atomic mass is 10.1. The molecule has 19 heavy (non-hydrogen) atoms. The van der Waals surface area contributed by atoms with E-state index in [0.717, 1.165) is 17.2 Å². The van der Waals surface area contributed by atoms with Crippen molar-refractivity contribution < 1.29 is 5.11 Å². The number of hydrogen-bond acceptors (Lipinski definition) is 4. The van der Waals surface area contributed by atoms with Crippen molar-refractivity contribution in [1.29, 1.82) is 0 Å². The van der Waals surface area contributed by atoms with Gasteiger partial charge < -0.3 is 10.4 Å². The van der Waals surface area contributed by atoms with E-state index in [0.29, 0.717) is 6.54 Å². The van der Waals surface area contributed by atoms with Crippen LogP contribution in [0.3, 0.4) is 0 Å². The molecule has 0 amide bonds. The van der Waals surface area contributed by atoms with Crippen molar-refractivity contribution in [2.75, 3.05) is 6.61 Å². The minimum atomic E-state index is -0.0210. The number of nitrogens with one attached hydrogen (secondary N) is 1. The standard InChI is InChI=1S/C15H18N2OS/c18-9-14(11-4-2-1-3-5-11)16-8-13-10-19-15(17-13)12-6-7-12/h1-5,10,12,14,16,18H,6-9H2. The average Bonchev–Trinajstić information content (AvgIpc) is 3.20. The Hall–Kier alpha value is -1.23. The van der Waals surface area contributed by atoms with Crippen molar-refractivity contribution in [2.45, 2.75) is 31.3 Å². The topological polar surface area (TPSA) is 45.1 Å². The number of aliphatic hydroxyl groups excluding tert-OH is 1. The van der Waals surface area contributed by atoms with Crippen LogP contribution in [0.15, 0.2) is 35.7 Å². The first-order valence-electron chi connectivity index (χ1n) is 6.70. The Labute approximate surface area is 117 Å². The molecule has 4 heteroatoms. The molecule has 0 saturated heterocycles. The van der Waals surface area contributed by atoms with Crippen LogP contribution in [-0.2, 0) is 6.54 Å². The lowest BCUT2D eigenvalue weighted by Gasteiger charge is -2.15. The molecule has 2 aromatic rings. The van der Waals surface area contributed by atoms with Crippen LogP contribution in [0, 0.1) is 0 Å². The highest BCUT2D eigenvalue weighted by molar-refractivity contribution is 7.09. The van der Waals surface area contributed by atoms with Crippen LogP contribution in [-0.4, -0.2) is 16.7 Å². The smallest absolute Gasteiger partial charge is 0.0959 e. The molecule has 3 rings (SSSR count). The maximum atomic E-state index is 9.48. The second-order valence-corrected chi connectivity index (χ2v) is 5.87. The molecule has 1 aliphatic rings. The van der Waals surface area contributed by atoms with Crippen molar-refractivity contribution in [3.63, 3.8) is 0 Å². The summed E-state index contributed by atoms with van der Waals surface area (Å²) in [4.78, 5) is 4.65. The molecular weight excluding hydrogens is 256 g/mol. The Balaban J connectivity index is 1.60. The van der Waals surface area contributed by atoms with Gasteiger partial charge in [-0.3, -0.25) is 0 Å². The van der Waals surface area contributed by atoms with E-state index < -0.39 is 0 Å². The van der Waals surface area contributed by atoms with Crippen LogP contribution < -0.4 is 5.32 Å². The molecular formula is C15H18N2OS. The van der Waals surface area contributed by atoms with E-state index in [9.17, 15) is 5.11 Å². The van der Waals surface area contributed by atoms with Gasteiger partial charge in [-0.1, -0.05) is 30.3 Å². The van der Waals surface area contributed by atoms with Gasteiger partial charge in [-0.15, -0.1) is 11.3 Å². The molecule has 1 aromatic carbocycles. The summed E-state index contributed by atoms with van der Waals surface area (Å²) in [6.45, 7) is 0.812. The van der Waals surface area contributed by atoms with Gasteiger partial charge in [0.1, 0.15) is 0 Å². The number of rotatable bonds is 6. The monoisotopic (exact) mass is 274 g/mol. The Morgan fingerprint density at radius 3 is 2.79 bits per heavy atom. The minimum Gasteiger partial charge on any atom is -0.394 e. The van der Waals surface area contributed by atoms with E-state index in [1.54, 1.807) is 11.3 Å². The van der Waals surface area contributed by atoms with Crippen molar-refractivity contribution in [1.82, 2.24) is 10.3 Å². The Kier molecular flexibility index (Phi) is 3.92. The van der Waals surface area contributed by atoms with E-state index in [1.807, 2.05) is 30.3 Å². The fourth-order valence-electron chi connectivity index (χ4n) is 2.12. The fourth-order valence-corrected chi connectivity index (χ4v) is 3.11. The molecule has 0 bridgehead atoms. The van der Waals surface area contributed by atoms with E-state index in [4.69, 9.17) is 0 Å². The predicted octanol–water partition coefficient (Wildman–Crippen LogP) is 2.84. The lowest BCUT2D eigenvalue weighted by Crippen LogP contribution is -2.24. The Morgan fingerprint density at radius 2 is 2.11 bits per heavy atom. The van der Waals surface area contributed by atoms with Crippen molar-refractivity contribution >= 4 is 11.3 Å². The number of thiazole rings is 1. The molecule has 1 fully saturated rings. The van der Waals surface area contributed by atoms with Crippen LogP contribution in [0.2, 0.25) is 0 Å². The van der Waals surface area contributed by atoms with Gasteiger partial charge in [0.2, 0.25) is 0 Å². The summed E-state index contributed by atoms with van der Waals surface area (Å²) in [5.41, 5.74) is 2.20. The molecule has 1 aliphatic carbocycles. The summed E-state index contributed by atoms with van der Waals surface area (Å²) in [7, 11) is 0. The highest BCUT2D eigenvalue weighted by Crippen LogP contribution is 2.41. The molecule has 1 unspecified atom stereocenters. The fraction of sp³-hybridized carbons (Fsp3) is 0.400. The molecule has 1 atom stereocenters. The Bertz CT molecular complexity index is 522. The molecule has 3 nitrogen and oxygen atoms in total. The maximum absolute atomic E-state index is 9.48. The zero-order chi connectivity index (χ0) is 13.1. The second kappa shape index (κ2) is 5.82. The van der Waals surface area contributed by atoms with Gasteiger partial charge in [-0.2, -0.15) is 0 Å². The van der Waals surface area contributed by atoms with E-state index in [1.165, 1.54) is 17.8 Å². The van der Waals surface area contributed by atoms with E-state index in [-0.39, 0.29) is 12.6 Å². The van der Waals surface area contributed by atoms with Crippen LogP contribution in [0.4, 0.5) is 0 Å². The first kappa shape index (κ1) is 12.8. The predicted molar refractivity (Wildman–Crippen MR) is 77.2 cm³/mol. The third-order valence-corrected chi connectivity index (χ3v) is 4.47. The normalized spacial score (nSPS) is 16.5. The quantitative estimate of drug-likeness (QED) is 0.851. The Morgan fingerprint density at radius 1 is 1.32 bits per heavy atom. The number of aromatic nitrogens is 1. The minimum absolute atomic E-state index is 0.0210. The maximum Gasteiger partial charge on any atom is 0.0959 e. The molecule has 1 aromatic heterocycles. The molecule has 0 aliphatic heterocycles. The third kappa shape index (κ3) is 3.21. The summed E-state index contributed by atoms with van der Waals surface area (Å²) >= 11 is 1.76. The summed E-state index contributed by atoms with van der Waals surface area (Å²) in [6.07, 6.45) is 2.59. The summed E-state index contributed by atoms with van der Waals surface area (Å²) < 4.78 is 0. The van der Waals surface area contributed by atoms with Gasteiger partial charge in [0.05, 0.1) is 23.4 Å². The SMILES string of the molecule is OCC(NCc1csc(C2CC2)n1)c1ccccc1. The summed E-state index contributed by atoms with van der Waals surface area (Å²) in [5, 5.41) is 16.2. The highest BCUT2D eigenvalue weighted by Gasteiger charge is 2.26. The number of benzene rings is 1. The summed E-state index contributed by atoms with van der Waals surface area (Å²) in [6, 6.07) is 10.0. The number of nitrogens with zero attached hydrogens (tertiary/aromatic N) is 1. The van der Waals surface area contributed by atoms with Crippen LogP contribution in [0.1, 0.15) is 41.1 Å². The molecule has 0 radical (unpaired) electrons. The van der Waals surface area contributed by atoms with E-state index in [2.05, 4.69) is 15.7 Å². The van der Waals surface area contributed by atoms with Gasteiger partial charge >= 0.3 is 0 Å². The second-order valence-electron chi connectivity index (χ2n) is 4.98. The lowest BCUT2D eigenvalue weighted by molar-refractivity contribution is 0.243. The third-order valence-electron chi connectivity index (χ3n) is 3.41.